The third-order valence-electron chi connectivity index (χ3n) is 4.82. The maximum absolute atomic E-state index is 12.6. The summed E-state index contributed by atoms with van der Waals surface area (Å²) in [4.78, 5) is 30.9. The zero-order valence-electron chi connectivity index (χ0n) is 15.5. The largest absolute Gasteiger partial charge is 0.461 e. The lowest BCUT2D eigenvalue weighted by Gasteiger charge is -2.34. The van der Waals surface area contributed by atoms with Gasteiger partial charge >= 0.3 is 0 Å². The van der Waals surface area contributed by atoms with Crippen molar-refractivity contribution in [1.82, 2.24) is 25.0 Å². The Hall–Kier alpha value is -3.27. The highest BCUT2D eigenvalue weighted by atomic mass is 32.1. The van der Waals surface area contributed by atoms with Gasteiger partial charge < -0.3 is 18.7 Å². The number of rotatable bonds is 5. The Morgan fingerprint density at radius 3 is 2.83 bits per heavy atom. The normalized spacial score (nSPS) is 14.6. The second-order valence-corrected chi connectivity index (χ2v) is 7.64. The summed E-state index contributed by atoms with van der Waals surface area (Å²) in [5, 5.41) is 4.85. The molecule has 1 aliphatic heterocycles. The van der Waals surface area contributed by atoms with Crippen LogP contribution in [0.5, 0.6) is 0 Å². The molecule has 5 heterocycles. The monoisotopic (exact) mass is 410 g/mol. The standard InChI is InChI=1S/C19H18N6O3S/c26-16(6-5-15-22-17(23-28-15)14-4-2-12-27-14)24-8-10-25(11-9-24)19-21-13-3-1-7-20-18(13)29-19/h1-4,7,12H,5-6,8-11H2. The van der Waals surface area contributed by atoms with E-state index < -0.39 is 0 Å². The number of aryl methyl sites for hydroxylation is 1. The fraction of sp³-hybridized carbons (Fsp3) is 0.316. The number of amides is 1. The van der Waals surface area contributed by atoms with Crippen molar-refractivity contribution in [2.45, 2.75) is 12.8 Å². The maximum Gasteiger partial charge on any atom is 0.238 e. The van der Waals surface area contributed by atoms with Gasteiger partial charge in [0.05, 0.1) is 6.26 Å². The highest BCUT2D eigenvalue weighted by molar-refractivity contribution is 7.21. The van der Waals surface area contributed by atoms with E-state index in [-0.39, 0.29) is 5.91 Å². The molecule has 1 fully saturated rings. The maximum atomic E-state index is 12.6. The van der Waals surface area contributed by atoms with Crippen LogP contribution in [0.15, 0.2) is 45.7 Å². The molecule has 0 bridgehead atoms. The number of piperazine rings is 1. The summed E-state index contributed by atoms with van der Waals surface area (Å²) in [7, 11) is 0. The molecule has 9 nitrogen and oxygen atoms in total. The Morgan fingerprint density at radius 2 is 2.03 bits per heavy atom. The van der Waals surface area contributed by atoms with Crippen LogP contribution in [0.25, 0.3) is 21.9 Å². The van der Waals surface area contributed by atoms with Crippen LogP contribution >= 0.6 is 11.3 Å². The molecular formula is C19H18N6O3S. The van der Waals surface area contributed by atoms with E-state index in [0.717, 1.165) is 28.6 Å². The van der Waals surface area contributed by atoms with E-state index in [2.05, 4.69) is 25.0 Å². The number of carbonyl (C=O) groups is 1. The zero-order chi connectivity index (χ0) is 19.6. The second kappa shape index (κ2) is 7.63. The minimum Gasteiger partial charge on any atom is -0.461 e. The number of furan rings is 1. The number of fused-ring (bicyclic) bond motifs is 1. The molecule has 0 unspecified atom stereocenters. The topological polar surface area (TPSA) is 101 Å². The van der Waals surface area contributed by atoms with Crippen molar-refractivity contribution < 1.29 is 13.7 Å². The molecule has 1 aliphatic rings. The second-order valence-electron chi connectivity index (χ2n) is 6.68. The van der Waals surface area contributed by atoms with Crippen LogP contribution < -0.4 is 4.90 Å². The van der Waals surface area contributed by atoms with Gasteiger partial charge in [0, 0.05) is 45.2 Å². The van der Waals surface area contributed by atoms with E-state index in [1.807, 2.05) is 17.0 Å². The fourth-order valence-corrected chi connectivity index (χ4v) is 4.24. The zero-order valence-corrected chi connectivity index (χ0v) is 16.3. The average molecular weight is 410 g/mol. The Balaban J connectivity index is 1.14. The lowest BCUT2D eigenvalue weighted by atomic mass is 10.2. The first kappa shape index (κ1) is 17.8. The molecule has 0 N–H and O–H groups in total. The third-order valence-corrected chi connectivity index (χ3v) is 5.86. The van der Waals surface area contributed by atoms with Gasteiger partial charge in [-0.3, -0.25) is 4.79 Å². The van der Waals surface area contributed by atoms with Gasteiger partial charge in [0.1, 0.15) is 10.3 Å². The van der Waals surface area contributed by atoms with E-state index in [1.54, 1.807) is 35.9 Å². The predicted octanol–water partition coefficient (Wildman–Crippen LogP) is 2.62. The van der Waals surface area contributed by atoms with Gasteiger partial charge in [0.2, 0.25) is 17.6 Å². The average Bonchev–Trinajstić information content (AvgIpc) is 3.52. The van der Waals surface area contributed by atoms with Gasteiger partial charge in [-0.1, -0.05) is 16.5 Å². The molecule has 0 saturated carbocycles. The number of hydrogen-bond donors (Lipinski definition) is 0. The van der Waals surface area contributed by atoms with Crippen LogP contribution in [-0.4, -0.2) is 57.1 Å². The van der Waals surface area contributed by atoms with Gasteiger partial charge in [-0.15, -0.1) is 0 Å². The van der Waals surface area contributed by atoms with Gasteiger partial charge in [-0.05, 0) is 24.3 Å². The molecule has 5 rings (SSSR count). The van der Waals surface area contributed by atoms with E-state index in [9.17, 15) is 4.79 Å². The molecule has 10 heteroatoms. The van der Waals surface area contributed by atoms with Crippen molar-refractivity contribution >= 4 is 32.7 Å². The number of anilines is 1. The molecular weight excluding hydrogens is 392 g/mol. The van der Waals surface area contributed by atoms with Crippen LogP contribution in [0.1, 0.15) is 12.3 Å². The SMILES string of the molecule is O=C(CCc1nc(-c2ccco2)no1)N1CCN(c2nc3cccnc3s2)CC1. The Bertz CT molecular complexity index is 1080. The van der Waals surface area contributed by atoms with E-state index >= 15 is 0 Å². The van der Waals surface area contributed by atoms with Crippen LogP contribution in [0, 0.1) is 0 Å². The summed E-state index contributed by atoms with van der Waals surface area (Å²) in [5.41, 5.74) is 0.916. The Kier molecular flexibility index (Phi) is 4.68. The summed E-state index contributed by atoms with van der Waals surface area (Å²) < 4.78 is 10.5. The third kappa shape index (κ3) is 3.70. The molecule has 1 amide bonds. The van der Waals surface area contributed by atoms with Gasteiger partial charge in [-0.2, -0.15) is 4.98 Å². The summed E-state index contributed by atoms with van der Waals surface area (Å²) in [6.45, 7) is 2.86. The molecule has 1 saturated heterocycles. The van der Waals surface area contributed by atoms with E-state index in [4.69, 9.17) is 8.94 Å². The number of thiazole rings is 1. The van der Waals surface area contributed by atoms with Crippen LogP contribution in [0.2, 0.25) is 0 Å². The van der Waals surface area contributed by atoms with Crippen molar-refractivity contribution in [3.8, 4) is 11.6 Å². The predicted molar refractivity (Wildman–Crippen MR) is 107 cm³/mol. The Morgan fingerprint density at radius 1 is 1.14 bits per heavy atom. The van der Waals surface area contributed by atoms with Gasteiger partial charge in [0.15, 0.2) is 10.9 Å². The smallest absolute Gasteiger partial charge is 0.238 e. The summed E-state index contributed by atoms with van der Waals surface area (Å²) >= 11 is 1.59. The van der Waals surface area contributed by atoms with Crippen molar-refractivity contribution in [3.05, 3.63) is 42.6 Å². The van der Waals surface area contributed by atoms with E-state index in [1.165, 1.54) is 0 Å². The van der Waals surface area contributed by atoms with Crippen molar-refractivity contribution in [3.63, 3.8) is 0 Å². The van der Waals surface area contributed by atoms with Crippen LogP contribution in [-0.2, 0) is 11.2 Å². The minimum atomic E-state index is 0.0911. The quantitative estimate of drug-likeness (QED) is 0.495. The van der Waals surface area contributed by atoms with Gasteiger partial charge in [-0.25, -0.2) is 9.97 Å². The molecule has 0 aromatic carbocycles. The number of hydrogen-bond acceptors (Lipinski definition) is 9. The summed E-state index contributed by atoms with van der Waals surface area (Å²) in [5.74, 6) is 1.47. The molecule has 0 atom stereocenters. The lowest BCUT2D eigenvalue weighted by molar-refractivity contribution is -0.131. The van der Waals surface area contributed by atoms with Crippen LogP contribution in [0.4, 0.5) is 5.13 Å². The molecule has 29 heavy (non-hydrogen) atoms. The molecule has 4 aromatic heterocycles. The van der Waals surface area contributed by atoms with E-state index in [0.29, 0.717) is 43.4 Å². The molecule has 148 valence electrons. The number of pyridine rings is 1. The number of aromatic nitrogens is 4. The first-order chi connectivity index (χ1) is 14.3. The fourth-order valence-electron chi connectivity index (χ4n) is 3.28. The lowest BCUT2D eigenvalue weighted by Crippen LogP contribution is -2.48. The van der Waals surface area contributed by atoms with Crippen molar-refractivity contribution in [2.24, 2.45) is 0 Å². The van der Waals surface area contributed by atoms with Crippen molar-refractivity contribution in [1.29, 1.82) is 0 Å². The van der Waals surface area contributed by atoms with Crippen LogP contribution in [0.3, 0.4) is 0 Å². The van der Waals surface area contributed by atoms with Gasteiger partial charge in [0.25, 0.3) is 0 Å². The Labute approximate surface area is 170 Å². The first-order valence-electron chi connectivity index (χ1n) is 9.37. The first-order valence-corrected chi connectivity index (χ1v) is 10.2. The summed E-state index contributed by atoms with van der Waals surface area (Å²) in [6, 6.07) is 7.39. The molecule has 0 spiro atoms. The number of carbonyl (C=O) groups excluding carboxylic acids is 1. The molecule has 0 radical (unpaired) electrons. The number of nitrogens with zero attached hydrogens (tertiary/aromatic N) is 6. The molecule has 4 aromatic rings. The summed E-state index contributed by atoms with van der Waals surface area (Å²) in [6.07, 6.45) is 4.09. The molecule has 0 aliphatic carbocycles. The minimum absolute atomic E-state index is 0.0911. The highest BCUT2D eigenvalue weighted by Gasteiger charge is 2.23. The highest BCUT2D eigenvalue weighted by Crippen LogP contribution is 2.27. The van der Waals surface area contributed by atoms with Crippen molar-refractivity contribution in [2.75, 3.05) is 31.1 Å².